The van der Waals surface area contributed by atoms with Crippen molar-refractivity contribution < 1.29 is 19.1 Å². The van der Waals surface area contributed by atoms with Gasteiger partial charge in [0.2, 0.25) is 0 Å². The van der Waals surface area contributed by atoms with Gasteiger partial charge < -0.3 is 9.47 Å². The lowest BCUT2D eigenvalue weighted by molar-refractivity contribution is -0.150. The fourth-order valence-electron chi connectivity index (χ4n) is 2.37. The summed E-state index contributed by atoms with van der Waals surface area (Å²) in [6, 6.07) is -0.649. The molecule has 1 amide bonds. The summed E-state index contributed by atoms with van der Waals surface area (Å²) in [5.74, 6) is -0.402. The molecule has 0 aromatic heterocycles. The van der Waals surface area contributed by atoms with Crippen LogP contribution in [0.3, 0.4) is 0 Å². The predicted octanol–water partition coefficient (Wildman–Crippen LogP) is 2.84. The van der Waals surface area contributed by atoms with Gasteiger partial charge in [0.15, 0.2) is 0 Å². The molecule has 19 heavy (non-hydrogen) atoms. The molecule has 6 heteroatoms. The second-order valence-corrected chi connectivity index (χ2v) is 5.76. The number of hydrogen-bond acceptors (Lipinski definition) is 4. The van der Waals surface area contributed by atoms with Crippen LogP contribution in [0.5, 0.6) is 0 Å². The number of carbonyl (C=O) groups is 2. The maximum absolute atomic E-state index is 12.1. The number of carbonyl (C=O) groups excluding carboxylic acids is 2. The second kappa shape index (κ2) is 5.94. The van der Waals surface area contributed by atoms with E-state index < -0.39 is 23.6 Å². The number of methoxy groups -OCH3 is 1. The molecular formula is C13H20BrNO4. The van der Waals surface area contributed by atoms with Crippen molar-refractivity contribution in [2.45, 2.75) is 45.7 Å². The number of rotatable bonds is 2. The van der Waals surface area contributed by atoms with Gasteiger partial charge in [0.25, 0.3) is 0 Å². The van der Waals surface area contributed by atoms with Gasteiger partial charge in [-0.1, -0.05) is 21.5 Å². The normalized spacial score (nSPS) is 22.2. The summed E-state index contributed by atoms with van der Waals surface area (Å²) in [4.78, 5) is 25.5. The van der Waals surface area contributed by atoms with E-state index in [2.05, 4.69) is 15.9 Å². The van der Waals surface area contributed by atoms with Gasteiger partial charge in [-0.15, -0.1) is 0 Å². The maximum atomic E-state index is 12.1. The molecule has 0 N–H and O–H groups in total. The van der Waals surface area contributed by atoms with Crippen molar-refractivity contribution in [2.75, 3.05) is 13.7 Å². The van der Waals surface area contributed by atoms with Crippen LogP contribution in [0.15, 0.2) is 10.1 Å². The van der Waals surface area contributed by atoms with E-state index in [1.165, 1.54) is 12.0 Å². The first-order chi connectivity index (χ1) is 8.77. The van der Waals surface area contributed by atoms with E-state index in [0.29, 0.717) is 6.42 Å². The Bertz CT molecular complexity index is 417. The number of hydrogen-bond donors (Lipinski definition) is 0. The van der Waals surface area contributed by atoms with E-state index in [0.717, 1.165) is 10.1 Å². The SMILES string of the molecule is CCOC(=O)C1CC(C)=C(Br)C(C)(C)N1C(=O)OC. The number of esters is 1. The molecule has 1 unspecified atom stereocenters. The standard InChI is InChI=1S/C13H20BrNO4/c1-6-19-11(16)9-7-8(2)10(14)13(3,4)15(9)12(17)18-5/h9H,6-7H2,1-5H3. The van der Waals surface area contributed by atoms with Gasteiger partial charge in [-0.05, 0) is 27.7 Å². The third-order valence-electron chi connectivity index (χ3n) is 3.26. The second-order valence-electron chi connectivity index (χ2n) is 4.97. The fourth-order valence-corrected chi connectivity index (χ4v) is 2.72. The van der Waals surface area contributed by atoms with Gasteiger partial charge in [-0.2, -0.15) is 0 Å². The summed E-state index contributed by atoms with van der Waals surface area (Å²) in [7, 11) is 1.31. The highest BCUT2D eigenvalue weighted by atomic mass is 79.9. The molecule has 0 spiro atoms. The van der Waals surface area contributed by atoms with Gasteiger partial charge >= 0.3 is 12.1 Å². The summed E-state index contributed by atoms with van der Waals surface area (Å²) in [6.07, 6.45) is -0.0923. The highest BCUT2D eigenvalue weighted by Crippen LogP contribution is 2.40. The Kier molecular flexibility index (Phi) is 5.01. The lowest BCUT2D eigenvalue weighted by Crippen LogP contribution is -2.59. The summed E-state index contributed by atoms with van der Waals surface area (Å²) in [6.45, 7) is 7.69. The summed E-state index contributed by atoms with van der Waals surface area (Å²) < 4.78 is 10.8. The lowest BCUT2D eigenvalue weighted by atomic mass is 9.88. The molecule has 0 fully saturated rings. The van der Waals surface area contributed by atoms with Crippen molar-refractivity contribution in [3.8, 4) is 0 Å². The van der Waals surface area contributed by atoms with E-state index in [4.69, 9.17) is 9.47 Å². The van der Waals surface area contributed by atoms with Crippen molar-refractivity contribution in [1.29, 1.82) is 0 Å². The Labute approximate surface area is 122 Å². The van der Waals surface area contributed by atoms with Crippen molar-refractivity contribution >= 4 is 28.0 Å². The molecule has 1 rings (SSSR count). The minimum atomic E-state index is -0.649. The molecule has 5 nitrogen and oxygen atoms in total. The van der Waals surface area contributed by atoms with E-state index in [1.54, 1.807) is 6.92 Å². The van der Waals surface area contributed by atoms with E-state index >= 15 is 0 Å². The Morgan fingerprint density at radius 1 is 1.47 bits per heavy atom. The molecule has 1 atom stereocenters. The van der Waals surface area contributed by atoms with Crippen molar-refractivity contribution in [1.82, 2.24) is 4.90 Å². The van der Waals surface area contributed by atoms with Crippen molar-refractivity contribution in [2.24, 2.45) is 0 Å². The van der Waals surface area contributed by atoms with Crippen LogP contribution in [-0.2, 0) is 14.3 Å². The van der Waals surface area contributed by atoms with Crippen LogP contribution in [0.2, 0.25) is 0 Å². The van der Waals surface area contributed by atoms with Gasteiger partial charge in [-0.25, -0.2) is 9.59 Å². The Hall–Kier alpha value is -1.04. The Balaban J connectivity index is 3.22. The zero-order valence-electron chi connectivity index (χ0n) is 11.9. The topological polar surface area (TPSA) is 55.8 Å². The molecule has 0 bridgehead atoms. The Morgan fingerprint density at radius 3 is 2.53 bits per heavy atom. The molecule has 0 radical (unpaired) electrons. The van der Waals surface area contributed by atoms with Crippen LogP contribution >= 0.6 is 15.9 Å². The minimum absolute atomic E-state index is 0.286. The van der Waals surface area contributed by atoms with Crippen LogP contribution in [0, 0.1) is 0 Å². The molecule has 1 aliphatic heterocycles. The van der Waals surface area contributed by atoms with Crippen molar-refractivity contribution in [3.05, 3.63) is 10.1 Å². The molecule has 108 valence electrons. The first-order valence-corrected chi connectivity index (χ1v) is 6.96. The summed E-state index contributed by atoms with van der Waals surface area (Å²) in [5, 5.41) is 0. The molecule has 0 saturated carbocycles. The predicted molar refractivity (Wildman–Crippen MR) is 75.0 cm³/mol. The smallest absolute Gasteiger partial charge is 0.410 e. The molecular weight excluding hydrogens is 314 g/mol. The molecule has 0 aromatic carbocycles. The quantitative estimate of drug-likeness (QED) is 0.729. The van der Waals surface area contributed by atoms with Crippen molar-refractivity contribution in [3.63, 3.8) is 0 Å². The van der Waals surface area contributed by atoms with Gasteiger partial charge in [-0.3, -0.25) is 4.90 Å². The highest BCUT2D eigenvalue weighted by molar-refractivity contribution is 9.11. The summed E-state index contributed by atoms with van der Waals surface area (Å²) in [5.41, 5.74) is 0.385. The number of nitrogens with zero attached hydrogens (tertiary/aromatic N) is 1. The first kappa shape index (κ1) is 16.0. The number of ether oxygens (including phenoxy) is 2. The van der Waals surface area contributed by atoms with Crippen LogP contribution in [0.25, 0.3) is 0 Å². The molecule has 1 heterocycles. The average molecular weight is 334 g/mol. The monoisotopic (exact) mass is 333 g/mol. The molecule has 0 aromatic rings. The first-order valence-electron chi connectivity index (χ1n) is 6.17. The molecule has 0 saturated heterocycles. The van der Waals surface area contributed by atoms with Gasteiger partial charge in [0.1, 0.15) is 6.04 Å². The maximum Gasteiger partial charge on any atom is 0.410 e. The van der Waals surface area contributed by atoms with Crippen LogP contribution < -0.4 is 0 Å². The Morgan fingerprint density at radius 2 is 2.05 bits per heavy atom. The number of amides is 1. The van der Waals surface area contributed by atoms with Crippen LogP contribution in [0.1, 0.15) is 34.1 Å². The third kappa shape index (κ3) is 2.94. The minimum Gasteiger partial charge on any atom is -0.464 e. The average Bonchev–Trinajstić information content (AvgIpc) is 2.35. The molecule has 0 aliphatic carbocycles. The highest BCUT2D eigenvalue weighted by Gasteiger charge is 2.47. The van der Waals surface area contributed by atoms with E-state index in [-0.39, 0.29) is 6.61 Å². The van der Waals surface area contributed by atoms with Gasteiger partial charge in [0, 0.05) is 10.9 Å². The number of halogens is 1. The third-order valence-corrected chi connectivity index (χ3v) is 4.90. The fraction of sp³-hybridized carbons (Fsp3) is 0.692. The zero-order chi connectivity index (χ0) is 14.8. The van der Waals surface area contributed by atoms with E-state index in [1.807, 2.05) is 20.8 Å². The van der Waals surface area contributed by atoms with E-state index in [9.17, 15) is 9.59 Å². The van der Waals surface area contributed by atoms with Crippen LogP contribution in [0.4, 0.5) is 4.79 Å². The summed E-state index contributed by atoms with van der Waals surface area (Å²) >= 11 is 3.51. The largest absolute Gasteiger partial charge is 0.464 e. The zero-order valence-corrected chi connectivity index (χ0v) is 13.5. The molecule has 1 aliphatic rings. The van der Waals surface area contributed by atoms with Crippen LogP contribution in [-0.4, -0.2) is 42.3 Å². The van der Waals surface area contributed by atoms with Gasteiger partial charge in [0.05, 0.1) is 19.3 Å². The lowest BCUT2D eigenvalue weighted by Gasteiger charge is -2.45.